The number of imidazole rings is 1. The summed E-state index contributed by atoms with van der Waals surface area (Å²) in [5.41, 5.74) is 3.84. The van der Waals surface area contributed by atoms with E-state index in [9.17, 15) is 5.26 Å². The highest BCUT2D eigenvalue weighted by atomic mass is 79.9. The minimum absolute atomic E-state index is 0.366. The number of rotatable bonds is 5. The first-order valence-corrected chi connectivity index (χ1v) is 10.9. The minimum Gasteiger partial charge on any atom is -0.487 e. The number of aromatic nitrogens is 2. The molecule has 0 fully saturated rings. The molecule has 30 heavy (non-hydrogen) atoms. The van der Waals surface area contributed by atoms with E-state index in [0.29, 0.717) is 28.8 Å². The number of para-hydroxylation sites is 2. The second kappa shape index (κ2) is 9.05. The highest BCUT2D eigenvalue weighted by Gasteiger charge is 2.13. The normalized spacial score (nSPS) is 11.5. The number of hydrogen-bond donors (Lipinski definition) is 1. The number of nitriles is 1. The van der Waals surface area contributed by atoms with Gasteiger partial charge in [0.15, 0.2) is 0 Å². The molecule has 1 heterocycles. The molecule has 0 saturated heterocycles. The van der Waals surface area contributed by atoms with Crippen LogP contribution >= 0.6 is 43.5 Å². The lowest BCUT2D eigenvalue weighted by atomic mass is 10.1. The highest BCUT2D eigenvalue weighted by molar-refractivity contribution is 9.11. The van der Waals surface area contributed by atoms with Crippen LogP contribution in [0.5, 0.6) is 5.75 Å². The first kappa shape index (κ1) is 20.7. The average molecular weight is 544 g/mol. The third kappa shape index (κ3) is 4.59. The van der Waals surface area contributed by atoms with Crippen LogP contribution in [-0.4, -0.2) is 9.97 Å². The molecule has 0 unspecified atom stereocenters. The molecule has 4 rings (SSSR count). The maximum absolute atomic E-state index is 9.77. The zero-order valence-electron chi connectivity index (χ0n) is 15.5. The van der Waals surface area contributed by atoms with Gasteiger partial charge in [0.2, 0.25) is 0 Å². The molecule has 0 atom stereocenters. The molecule has 0 spiro atoms. The van der Waals surface area contributed by atoms with E-state index in [-0.39, 0.29) is 0 Å². The molecule has 0 radical (unpaired) electrons. The quantitative estimate of drug-likeness (QED) is 0.267. The number of fused-ring (bicyclic) bond motifs is 1. The Morgan fingerprint density at radius 3 is 2.63 bits per heavy atom. The highest BCUT2D eigenvalue weighted by Crippen LogP contribution is 2.36. The number of nitrogens with one attached hydrogen (secondary N) is 1. The maximum atomic E-state index is 9.77. The molecule has 0 aliphatic rings. The number of allylic oxidation sites excluding steroid dienone is 1. The van der Waals surface area contributed by atoms with E-state index >= 15 is 0 Å². The monoisotopic (exact) mass is 541 g/mol. The molecule has 0 aliphatic heterocycles. The Morgan fingerprint density at radius 1 is 1.13 bits per heavy atom. The zero-order chi connectivity index (χ0) is 21.1. The van der Waals surface area contributed by atoms with Gasteiger partial charge in [-0.05, 0) is 64.0 Å². The van der Waals surface area contributed by atoms with E-state index in [2.05, 4.69) is 47.9 Å². The van der Waals surface area contributed by atoms with Crippen LogP contribution in [0.1, 0.15) is 17.0 Å². The Bertz CT molecular complexity index is 1260. The van der Waals surface area contributed by atoms with Crippen LogP contribution in [-0.2, 0) is 6.61 Å². The predicted octanol–water partition coefficient (Wildman–Crippen LogP) is 7.38. The standard InChI is InChI=1S/C23H14Br2ClN3O/c24-17-10-15(9-16(12-27)23-28-20-3-1-2-4-21(20)29-23)22(19(25)11-17)30-13-14-5-7-18(26)8-6-14/h1-11H,13H2,(H,28,29)/b16-9+. The summed E-state index contributed by atoms with van der Waals surface area (Å²) >= 11 is 13.0. The Kier molecular flexibility index (Phi) is 6.24. The number of hydrogen-bond acceptors (Lipinski definition) is 3. The van der Waals surface area contributed by atoms with Gasteiger partial charge in [-0.3, -0.25) is 0 Å². The number of nitrogens with zero attached hydrogens (tertiary/aromatic N) is 2. The summed E-state index contributed by atoms with van der Waals surface area (Å²) in [7, 11) is 0. The molecule has 1 aromatic heterocycles. The Labute approximate surface area is 195 Å². The fraction of sp³-hybridized carbons (Fsp3) is 0.0435. The van der Waals surface area contributed by atoms with E-state index in [1.807, 2.05) is 60.7 Å². The third-order valence-electron chi connectivity index (χ3n) is 4.40. The number of benzene rings is 3. The molecule has 3 aromatic carbocycles. The van der Waals surface area contributed by atoms with Crippen molar-refractivity contribution in [1.82, 2.24) is 9.97 Å². The van der Waals surface area contributed by atoms with Gasteiger partial charge in [0.1, 0.15) is 24.3 Å². The van der Waals surface area contributed by atoms with Crippen LogP contribution in [0.2, 0.25) is 5.02 Å². The van der Waals surface area contributed by atoms with E-state index in [1.165, 1.54) is 0 Å². The first-order chi connectivity index (χ1) is 14.5. The van der Waals surface area contributed by atoms with Crippen LogP contribution in [0, 0.1) is 11.3 Å². The summed E-state index contributed by atoms with van der Waals surface area (Å²) in [5, 5.41) is 10.5. The molecular formula is C23H14Br2ClN3O. The summed E-state index contributed by atoms with van der Waals surface area (Å²) in [5.74, 6) is 1.15. The number of aromatic amines is 1. The van der Waals surface area contributed by atoms with Gasteiger partial charge >= 0.3 is 0 Å². The lowest BCUT2D eigenvalue weighted by Gasteiger charge is -2.13. The van der Waals surface area contributed by atoms with Gasteiger partial charge in [-0.2, -0.15) is 5.26 Å². The topological polar surface area (TPSA) is 61.7 Å². The fourth-order valence-electron chi connectivity index (χ4n) is 2.97. The van der Waals surface area contributed by atoms with Gasteiger partial charge in [-0.15, -0.1) is 0 Å². The van der Waals surface area contributed by atoms with Crippen LogP contribution in [0.25, 0.3) is 22.7 Å². The van der Waals surface area contributed by atoms with Crippen molar-refractivity contribution >= 4 is 66.1 Å². The number of H-pyrrole nitrogens is 1. The van der Waals surface area contributed by atoms with Crippen molar-refractivity contribution in [2.45, 2.75) is 6.61 Å². The van der Waals surface area contributed by atoms with E-state index in [4.69, 9.17) is 16.3 Å². The van der Waals surface area contributed by atoms with Gasteiger partial charge in [0.05, 0.1) is 21.1 Å². The van der Waals surface area contributed by atoms with Gasteiger partial charge in [0.25, 0.3) is 0 Å². The molecule has 0 amide bonds. The largest absolute Gasteiger partial charge is 0.487 e. The van der Waals surface area contributed by atoms with Gasteiger partial charge in [-0.25, -0.2) is 4.98 Å². The molecule has 148 valence electrons. The second-order valence-electron chi connectivity index (χ2n) is 6.49. The van der Waals surface area contributed by atoms with Crippen LogP contribution < -0.4 is 4.74 Å². The third-order valence-corrected chi connectivity index (χ3v) is 5.70. The fourth-order valence-corrected chi connectivity index (χ4v) is 4.46. The summed E-state index contributed by atoms with van der Waals surface area (Å²) in [6, 6.07) is 21.2. The Hall–Kier alpha value is -2.59. The lowest BCUT2D eigenvalue weighted by Crippen LogP contribution is -1.98. The first-order valence-electron chi connectivity index (χ1n) is 8.96. The molecule has 1 N–H and O–H groups in total. The molecule has 4 aromatic rings. The van der Waals surface area contributed by atoms with Gasteiger partial charge in [0, 0.05) is 15.1 Å². The Morgan fingerprint density at radius 2 is 1.90 bits per heavy atom. The molecular weight excluding hydrogens is 530 g/mol. The minimum atomic E-state index is 0.366. The predicted molar refractivity (Wildman–Crippen MR) is 127 cm³/mol. The van der Waals surface area contributed by atoms with Crippen LogP contribution in [0.4, 0.5) is 0 Å². The Balaban J connectivity index is 1.71. The summed E-state index contributed by atoms with van der Waals surface area (Å²) in [6.45, 7) is 0.366. The van der Waals surface area contributed by atoms with Crippen molar-refractivity contribution in [3.05, 3.63) is 91.6 Å². The summed E-state index contributed by atoms with van der Waals surface area (Å²) in [4.78, 5) is 7.73. The van der Waals surface area contributed by atoms with Gasteiger partial charge in [-0.1, -0.05) is 51.8 Å². The van der Waals surface area contributed by atoms with Crippen molar-refractivity contribution in [1.29, 1.82) is 5.26 Å². The van der Waals surface area contributed by atoms with Crippen molar-refractivity contribution in [2.24, 2.45) is 0 Å². The maximum Gasteiger partial charge on any atom is 0.149 e. The molecule has 7 heteroatoms. The SMILES string of the molecule is N#C/C(=C\c1cc(Br)cc(Br)c1OCc1ccc(Cl)cc1)c1nc2ccccc2[nH]1. The van der Waals surface area contributed by atoms with Crippen molar-refractivity contribution in [2.75, 3.05) is 0 Å². The lowest BCUT2D eigenvalue weighted by molar-refractivity contribution is 0.303. The zero-order valence-corrected chi connectivity index (χ0v) is 19.4. The van der Waals surface area contributed by atoms with Crippen molar-refractivity contribution in [3.8, 4) is 11.8 Å². The van der Waals surface area contributed by atoms with Gasteiger partial charge < -0.3 is 9.72 Å². The molecule has 4 nitrogen and oxygen atoms in total. The van der Waals surface area contributed by atoms with Crippen LogP contribution in [0.3, 0.4) is 0 Å². The van der Waals surface area contributed by atoms with Crippen molar-refractivity contribution < 1.29 is 4.74 Å². The average Bonchev–Trinajstić information content (AvgIpc) is 3.16. The number of ether oxygens (including phenoxy) is 1. The summed E-state index contributed by atoms with van der Waals surface area (Å²) in [6.07, 6.45) is 1.77. The second-order valence-corrected chi connectivity index (χ2v) is 8.70. The van der Waals surface area contributed by atoms with E-state index in [1.54, 1.807) is 6.08 Å². The van der Waals surface area contributed by atoms with E-state index < -0.39 is 0 Å². The summed E-state index contributed by atoms with van der Waals surface area (Å²) < 4.78 is 7.73. The van der Waals surface area contributed by atoms with Crippen LogP contribution in [0.15, 0.2) is 69.6 Å². The molecule has 0 saturated carbocycles. The molecule has 0 bridgehead atoms. The smallest absolute Gasteiger partial charge is 0.149 e. The van der Waals surface area contributed by atoms with Crippen molar-refractivity contribution in [3.63, 3.8) is 0 Å². The molecule has 0 aliphatic carbocycles. The van der Waals surface area contributed by atoms with E-state index in [0.717, 1.165) is 31.1 Å². The number of halogens is 3.